The van der Waals surface area contributed by atoms with E-state index < -0.39 is 5.82 Å². The second-order valence-electron chi connectivity index (χ2n) is 3.82. The van der Waals surface area contributed by atoms with Crippen LogP contribution in [-0.2, 0) is 0 Å². The minimum Gasteiger partial charge on any atom is -0.399 e. The van der Waals surface area contributed by atoms with Crippen molar-refractivity contribution in [3.05, 3.63) is 57.3 Å². The molecule has 0 unspecified atom stereocenters. The van der Waals surface area contributed by atoms with Crippen molar-refractivity contribution in [1.29, 1.82) is 0 Å². The van der Waals surface area contributed by atoms with Crippen LogP contribution in [-0.4, -0.2) is 5.91 Å². The fourth-order valence-corrected chi connectivity index (χ4v) is 2.14. The monoisotopic (exact) mass is 342 g/mol. The van der Waals surface area contributed by atoms with E-state index in [0.717, 1.165) is 0 Å². The molecule has 3 nitrogen and oxygen atoms in total. The summed E-state index contributed by atoms with van der Waals surface area (Å²) in [4.78, 5) is 12.0. The molecule has 6 heteroatoms. The lowest BCUT2D eigenvalue weighted by Gasteiger charge is -2.08. The maximum Gasteiger partial charge on any atom is 0.257 e. The molecular formula is C13H9BrClFN2O. The van der Waals surface area contributed by atoms with Crippen molar-refractivity contribution in [3.63, 3.8) is 0 Å². The number of carbonyl (C=O) groups is 1. The first kappa shape index (κ1) is 13.8. The van der Waals surface area contributed by atoms with Crippen LogP contribution in [0.25, 0.3) is 0 Å². The van der Waals surface area contributed by atoms with Crippen molar-refractivity contribution in [2.24, 2.45) is 0 Å². The molecule has 19 heavy (non-hydrogen) atoms. The normalized spacial score (nSPS) is 10.3. The second-order valence-corrected chi connectivity index (χ2v) is 5.08. The van der Waals surface area contributed by atoms with Gasteiger partial charge in [0.25, 0.3) is 5.91 Å². The quantitative estimate of drug-likeness (QED) is 0.807. The van der Waals surface area contributed by atoms with Crippen LogP contribution in [0, 0.1) is 5.82 Å². The molecule has 0 aromatic heterocycles. The smallest absolute Gasteiger partial charge is 0.257 e. The Labute approximate surface area is 122 Å². The molecule has 2 rings (SSSR count). The minimum atomic E-state index is -0.400. The molecule has 0 spiro atoms. The summed E-state index contributed by atoms with van der Waals surface area (Å²) in [6.45, 7) is 0. The number of nitrogen functional groups attached to an aromatic ring is 1. The average Bonchev–Trinajstić information content (AvgIpc) is 2.33. The molecule has 0 aliphatic rings. The van der Waals surface area contributed by atoms with E-state index in [9.17, 15) is 9.18 Å². The van der Waals surface area contributed by atoms with Crippen LogP contribution in [0.3, 0.4) is 0 Å². The highest BCUT2D eigenvalue weighted by Gasteiger charge is 2.11. The number of nitrogens with two attached hydrogens (primary N) is 1. The first-order valence-electron chi connectivity index (χ1n) is 5.29. The van der Waals surface area contributed by atoms with Crippen molar-refractivity contribution in [1.82, 2.24) is 0 Å². The summed E-state index contributed by atoms with van der Waals surface area (Å²) in [5.41, 5.74) is 6.80. The maximum absolute atomic E-state index is 13.1. The molecule has 3 N–H and O–H groups in total. The molecule has 0 bridgehead atoms. The zero-order chi connectivity index (χ0) is 14.0. The van der Waals surface area contributed by atoms with E-state index in [-0.39, 0.29) is 15.4 Å². The maximum atomic E-state index is 13.1. The molecule has 0 heterocycles. The highest BCUT2D eigenvalue weighted by Crippen LogP contribution is 2.23. The molecule has 0 radical (unpaired) electrons. The predicted octanol–water partition coefficient (Wildman–Crippen LogP) is 4.08. The number of rotatable bonds is 2. The van der Waals surface area contributed by atoms with Crippen molar-refractivity contribution < 1.29 is 9.18 Å². The van der Waals surface area contributed by atoms with Crippen molar-refractivity contribution in [3.8, 4) is 0 Å². The van der Waals surface area contributed by atoms with E-state index in [0.29, 0.717) is 16.9 Å². The SMILES string of the molecule is Nc1ccc(C(=O)Nc2ccc(F)c(Br)c2)c(Cl)c1. The van der Waals surface area contributed by atoms with Gasteiger partial charge in [-0.3, -0.25) is 4.79 Å². The molecular weight excluding hydrogens is 335 g/mol. The highest BCUT2D eigenvalue weighted by atomic mass is 79.9. The number of halogens is 3. The van der Waals surface area contributed by atoms with Gasteiger partial charge in [-0.25, -0.2) is 4.39 Å². The first-order chi connectivity index (χ1) is 8.97. The summed E-state index contributed by atoms with van der Waals surface area (Å²) in [5.74, 6) is -0.785. The number of benzene rings is 2. The summed E-state index contributed by atoms with van der Waals surface area (Å²) in [6, 6.07) is 8.80. The van der Waals surface area contributed by atoms with Gasteiger partial charge in [-0.15, -0.1) is 0 Å². The Morgan fingerprint density at radius 3 is 2.63 bits per heavy atom. The first-order valence-corrected chi connectivity index (χ1v) is 6.46. The number of hydrogen-bond acceptors (Lipinski definition) is 2. The highest BCUT2D eigenvalue weighted by molar-refractivity contribution is 9.10. The number of amides is 1. The van der Waals surface area contributed by atoms with Gasteiger partial charge in [0.15, 0.2) is 0 Å². The van der Waals surface area contributed by atoms with Gasteiger partial charge in [0.05, 0.1) is 15.1 Å². The Balaban J connectivity index is 2.23. The summed E-state index contributed by atoms with van der Waals surface area (Å²) < 4.78 is 13.3. The molecule has 0 aliphatic carbocycles. The number of nitrogens with one attached hydrogen (secondary N) is 1. The van der Waals surface area contributed by atoms with Gasteiger partial charge in [-0.05, 0) is 52.3 Å². The number of anilines is 2. The molecule has 2 aromatic carbocycles. The second kappa shape index (κ2) is 5.59. The van der Waals surface area contributed by atoms with Crippen molar-refractivity contribution in [2.45, 2.75) is 0 Å². The van der Waals surface area contributed by atoms with Crippen LogP contribution in [0.15, 0.2) is 40.9 Å². The fraction of sp³-hybridized carbons (Fsp3) is 0. The van der Waals surface area contributed by atoms with E-state index in [1.54, 1.807) is 6.07 Å². The largest absolute Gasteiger partial charge is 0.399 e. The van der Waals surface area contributed by atoms with Crippen molar-refractivity contribution >= 4 is 44.8 Å². The lowest BCUT2D eigenvalue weighted by atomic mass is 10.2. The zero-order valence-electron chi connectivity index (χ0n) is 9.58. The van der Waals surface area contributed by atoms with E-state index in [2.05, 4.69) is 21.2 Å². The van der Waals surface area contributed by atoms with Gasteiger partial charge < -0.3 is 11.1 Å². The molecule has 0 atom stereocenters. The minimum absolute atomic E-state index is 0.263. The average molecular weight is 344 g/mol. The van der Waals surface area contributed by atoms with Crippen LogP contribution in [0.5, 0.6) is 0 Å². The Morgan fingerprint density at radius 2 is 2.00 bits per heavy atom. The molecule has 0 aliphatic heterocycles. The lowest BCUT2D eigenvalue weighted by Crippen LogP contribution is -2.12. The topological polar surface area (TPSA) is 55.1 Å². The number of carbonyl (C=O) groups excluding carboxylic acids is 1. The predicted molar refractivity (Wildman–Crippen MR) is 77.9 cm³/mol. The third-order valence-corrected chi connectivity index (χ3v) is 3.34. The Morgan fingerprint density at radius 1 is 1.26 bits per heavy atom. The third-order valence-electron chi connectivity index (χ3n) is 2.42. The Kier molecular flexibility index (Phi) is 4.07. The van der Waals surface area contributed by atoms with Crippen LogP contribution in [0.4, 0.5) is 15.8 Å². The van der Waals surface area contributed by atoms with E-state index in [1.807, 2.05) is 0 Å². The molecule has 2 aromatic rings. The summed E-state index contributed by atoms with van der Waals surface area (Å²) in [7, 11) is 0. The molecule has 1 amide bonds. The summed E-state index contributed by atoms with van der Waals surface area (Å²) in [5, 5.41) is 2.89. The van der Waals surface area contributed by atoms with Gasteiger partial charge in [-0.1, -0.05) is 11.6 Å². The molecule has 98 valence electrons. The van der Waals surface area contributed by atoms with E-state index in [4.69, 9.17) is 17.3 Å². The van der Waals surface area contributed by atoms with Crippen LogP contribution in [0.2, 0.25) is 5.02 Å². The van der Waals surface area contributed by atoms with Crippen LogP contribution < -0.4 is 11.1 Å². The van der Waals surface area contributed by atoms with E-state index in [1.165, 1.54) is 30.3 Å². The fourth-order valence-electron chi connectivity index (χ4n) is 1.49. The van der Waals surface area contributed by atoms with Gasteiger partial charge >= 0.3 is 0 Å². The van der Waals surface area contributed by atoms with Crippen LogP contribution in [0.1, 0.15) is 10.4 Å². The lowest BCUT2D eigenvalue weighted by molar-refractivity contribution is 0.102. The van der Waals surface area contributed by atoms with Gasteiger partial charge in [0, 0.05) is 11.4 Å². The van der Waals surface area contributed by atoms with E-state index >= 15 is 0 Å². The molecule has 0 fully saturated rings. The molecule has 0 saturated carbocycles. The van der Waals surface area contributed by atoms with Crippen LogP contribution >= 0.6 is 27.5 Å². The third kappa shape index (κ3) is 3.24. The summed E-state index contributed by atoms with van der Waals surface area (Å²) in [6.07, 6.45) is 0. The van der Waals surface area contributed by atoms with Gasteiger partial charge in [-0.2, -0.15) is 0 Å². The number of hydrogen-bond donors (Lipinski definition) is 2. The van der Waals surface area contributed by atoms with Gasteiger partial charge in [0.1, 0.15) is 5.82 Å². The Hall–Kier alpha value is -1.59. The summed E-state index contributed by atoms with van der Waals surface area (Å²) >= 11 is 8.98. The zero-order valence-corrected chi connectivity index (χ0v) is 11.9. The Bertz CT molecular complexity index is 649. The molecule has 0 saturated heterocycles. The standard InChI is InChI=1S/C13H9BrClFN2O/c14-10-6-8(2-4-12(10)16)18-13(19)9-3-1-7(17)5-11(9)15/h1-6H,17H2,(H,18,19). The van der Waals surface area contributed by atoms with Gasteiger partial charge in [0.2, 0.25) is 0 Å². The van der Waals surface area contributed by atoms with Crippen molar-refractivity contribution in [2.75, 3.05) is 11.1 Å².